The molecular formula is C17H18N2O3. The van der Waals surface area contributed by atoms with Crippen molar-refractivity contribution in [2.75, 3.05) is 19.5 Å². The Labute approximate surface area is 129 Å². The molecule has 1 aromatic heterocycles. The van der Waals surface area contributed by atoms with E-state index in [4.69, 9.17) is 9.47 Å². The van der Waals surface area contributed by atoms with E-state index < -0.39 is 0 Å². The first kappa shape index (κ1) is 15.6. The van der Waals surface area contributed by atoms with Crippen molar-refractivity contribution in [1.82, 2.24) is 4.98 Å². The fourth-order valence-corrected chi connectivity index (χ4v) is 2.11. The summed E-state index contributed by atoms with van der Waals surface area (Å²) < 4.78 is 10.7. The number of rotatable bonds is 6. The van der Waals surface area contributed by atoms with Gasteiger partial charge in [0.25, 0.3) is 5.91 Å². The molecule has 0 spiro atoms. The van der Waals surface area contributed by atoms with Gasteiger partial charge < -0.3 is 14.8 Å². The number of methoxy groups -OCH3 is 2. The van der Waals surface area contributed by atoms with E-state index in [0.29, 0.717) is 29.3 Å². The van der Waals surface area contributed by atoms with Gasteiger partial charge in [0.15, 0.2) is 11.5 Å². The highest BCUT2D eigenvalue weighted by molar-refractivity contribution is 6.04. The minimum absolute atomic E-state index is 0.259. The number of benzene rings is 1. The Kier molecular flexibility index (Phi) is 5.14. The molecule has 0 aliphatic rings. The number of aromatic nitrogens is 1. The van der Waals surface area contributed by atoms with Crippen LogP contribution in [0.1, 0.15) is 15.9 Å². The number of nitrogens with zero attached hydrogens (tertiary/aromatic N) is 1. The summed E-state index contributed by atoms with van der Waals surface area (Å²) in [6.45, 7) is 3.72. The molecule has 1 amide bonds. The number of carbonyl (C=O) groups is 1. The Morgan fingerprint density at radius 1 is 1.32 bits per heavy atom. The van der Waals surface area contributed by atoms with Gasteiger partial charge in [-0.2, -0.15) is 0 Å². The van der Waals surface area contributed by atoms with E-state index in [-0.39, 0.29) is 5.91 Å². The van der Waals surface area contributed by atoms with Gasteiger partial charge in [-0.15, -0.1) is 6.58 Å². The van der Waals surface area contributed by atoms with E-state index in [1.165, 1.54) is 7.11 Å². The number of hydrogen-bond donors (Lipinski definition) is 1. The highest BCUT2D eigenvalue weighted by atomic mass is 16.5. The van der Waals surface area contributed by atoms with Crippen molar-refractivity contribution in [1.29, 1.82) is 0 Å². The maximum Gasteiger partial charge on any atom is 0.256 e. The summed E-state index contributed by atoms with van der Waals surface area (Å²) in [6, 6.07) is 8.73. The van der Waals surface area contributed by atoms with E-state index in [1.807, 2.05) is 0 Å². The lowest BCUT2D eigenvalue weighted by molar-refractivity contribution is 0.102. The van der Waals surface area contributed by atoms with Crippen molar-refractivity contribution in [3.63, 3.8) is 0 Å². The number of anilines is 1. The first-order valence-electron chi connectivity index (χ1n) is 6.77. The summed E-state index contributed by atoms with van der Waals surface area (Å²) in [4.78, 5) is 16.4. The van der Waals surface area contributed by atoms with Gasteiger partial charge in [0, 0.05) is 17.3 Å². The molecule has 2 aromatic rings. The van der Waals surface area contributed by atoms with Crippen LogP contribution in [0.15, 0.2) is 49.2 Å². The number of nitrogens with one attached hydrogen (secondary N) is 1. The van der Waals surface area contributed by atoms with Gasteiger partial charge in [-0.1, -0.05) is 12.1 Å². The molecule has 0 unspecified atom stereocenters. The molecule has 0 radical (unpaired) electrons. The largest absolute Gasteiger partial charge is 0.493 e. The van der Waals surface area contributed by atoms with Crippen LogP contribution in [0.25, 0.3) is 0 Å². The van der Waals surface area contributed by atoms with Crippen LogP contribution in [-0.2, 0) is 6.42 Å². The summed E-state index contributed by atoms with van der Waals surface area (Å²) in [5.41, 5.74) is 1.31. The van der Waals surface area contributed by atoms with Crippen LogP contribution in [0, 0.1) is 0 Å². The number of ether oxygens (including phenoxy) is 2. The number of carbonyl (C=O) groups excluding carboxylic acids is 1. The summed E-state index contributed by atoms with van der Waals surface area (Å²) in [6.07, 6.45) is 3.94. The van der Waals surface area contributed by atoms with Crippen LogP contribution in [-0.4, -0.2) is 25.1 Å². The molecule has 0 saturated heterocycles. The van der Waals surface area contributed by atoms with Gasteiger partial charge in [0.05, 0.1) is 14.2 Å². The maximum absolute atomic E-state index is 12.4. The zero-order valence-corrected chi connectivity index (χ0v) is 12.6. The number of amides is 1. The highest BCUT2D eigenvalue weighted by Crippen LogP contribution is 2.33. The lowest BCUT2D eigenvalue weighted by Crippen LogP contribution is -2.13. The molecule has 5 nitrogen and oxygen atoms in total. The van der Waals surface area contributed by atoms with Crippen LogP contribution < -0.4 is 14.8 Å². The molecule has 0 saturated carbocycles. The van der Waals surface area contributed by atoms with Gasteiger partial charge in [0.2, 0.25) is 0 Å². The molecule has 0 aliphatic carbocycles. The Morgan fingerprint density at radius 3 is 2.73 bits per heavy atom. The molecule has 114 valence electrons. The zero-order valence-electron chi connectivity index (χ0n) is 12.6. The second-order valence-electron chi connectivity index (χ2n) is 4.53. The van der Waals surface area contributed by atoms with Crippen molar-refractivity contribution in [3.8, 4) is 11.5 Å². The van der Waals surface area contributed by atoms with Crippen molar-refractivity contribution < 1.29 is 14.3 Å². The monoisotopic (exact) mass is 298 g/mol. The Morgan fingerprint density at radius 2 is 2.14 bits per heavy atom. The van der Waals surface area contributed by atoms with Gasteiger partial charge in [0.1, 0.15) is 5.82 Å². The molecule has 0 aliphatic heterocycles. The highest BCUT2D eigenvalue weighted by Gasteiger charge is 2.16. The van der Waals surface area contributed by atoms with E-state index in [9.17, 15) is 4.79 Å². The van der Waals surface area contributed by atoms with E-state index in [1.54, 1.807) is 49.7 Å². The van der Waals surface area contributed by atoms with Gasteiger partial charge >= 0.3 is 0 Å². The van der Waals surface area contributed by atoms with E-state index in [2.05, 4.69) is 16.9 Å². The summed E-state index contributed by atoms with van der Waals surface area (Å²) in [5, 5.41) is 2.74. The molecule has 0 bridgehead atoms. The van der Waals surface area contributed by atoms with Crippen LogP contribution >= 0.6 is 0 Å². The second-order valence-corrected chi connectivity index (χ2v) is 4.53. The Bertz CT molecular complexity index is 669. The first-order valence-corrected chi connectivity index (χ1v) is 6.77. The van der Waals surface area contributed by atoms with Crippen LogP contribution in [0.5, 0.6) is 11.5 Å². The minimum atomic E-state index is -0.259. The summed E-state index contributed by atoms with van der Waals surface area (Å²) in [7, 11) is 3.11. The van der Waals surface area contributed by atoms with Crippen molar-refractivity contribution >= 4 is 11.7 Å². The Balaban J connectivity index is 2.35. The quantitative estimate of drug-likeness (QED) is 0.833. The molecule has 2 rings (SSSR count). The lowest BCUT2D eigenvalue weighted by atomic mass is 10.0. The molecular weight excluding hydrogens is 280 g/mol. The average Bonchev–Trinajstić information content (AvgIpc) is 2.55. The second kappa shape index (κ2) is 7.26. The van der Waals surface area contributed by atoms with Crippen LogP contribution in [0.2, 0.25) is 0 Å². The maximum atomic E-state index is 12.4. The predicted molar refractivity (Wildman–Crippen MR) is 85.6 cm³/mol. The molecule has 0 fully saturated rings. The fraction of sp³-hybridized carbons (Fsp3) is 0.176. The van der Waals surface area contributed by atoms with E-state index >= 15 is 0 Å². The molecule has 1 heterocycles. The third-order valence-electron chi connectivity index (χ3n) is 3.09. The van der Waals surface area contributed by atoms with Gasteiger partial charge in [-0.25, -0.2) is 4.98 Å². The standard InChI is InChI=1S/C17H18N2O3/c1-4-7-12-10-13(11-14(21-2)16(12)22-3)17(20)19-15-8-5-6-9-18-15/h4-6,8-11H,1,7H2,2-3H3,(H,18,19,20). The van der Waals surface area contributed by atoms with Crippen molar-refractivity contribution in [2.45, 2.75) is 6.42 Å². The molecule has 22 heavy (non-hydrogen) atoms. The van der Waals surface area contributed by atoms with E-state index in [0.717, 1.165) is 5.56 Å². The number of allylic oxidation sites excluding steroid dienone is 1. The van der Waals surface area contributed by atoms with Gasteiger partial charge in [-0.05, 0) is 30.7 Å². The van der Waals surface area contributed by atoms with Crippen LogP contribution in [0.4, 0.5) is 5.82 Å². The molecule has 0 atom stereocenters. The first-order chi connectivity index (χ1) is 10.7. The Hall–Kier alpha value is -2.82. The normalized spacial score (nSPS) is 9.91. The average molecular weight is 298 g/mol. The topological polar surface area (TPSA) is 60.5 Å². The smallest absolute Gasteiger partial charge is 0.256 e. The summed E-state index contributed by atoms with van der Waals surface area (Å²) >= 11 is 0. The molecule has 1 aromatic carbocycles. The molecule has 1 N–H and O–H groups in total. The number of hydrogen-bond acceptors (Lipinski definition) is 4. The minimum Gasteiger partial charge on any atom is -0.493 e. The molecule has 5 heteroatoms. The third-order valence-corrected chi connectivity index (χ3v) is 3.09. The SMILES string of the molecule is C=CCc1cc(C(=O)Nc2ccccn2)cc(OC)c1OC. The number of pyridine rings is 1. The summed E-state index contributed by atoms with van der Waals surface area (Å²) in [5.74, 6) is 1.35. The third kappa shape index (κ3) is 3.44. The zero-order chi connectivity index (χ0) is 15.9. The van der Waals surface area contributed by atoms with Crippen LogP contribution in [0.3, 0.4) is 0 Å². The fourth-order valence-electron chi connectivity index (χ4n) is 2.11. The van der Waals surface area contributed by atoms with Crippen molar-refractivity contribution in [2.24, 2.45) is 0 Å². The predicted octanol–water partition coefficient (Wildman–Crippen LogP) is 3.08. The van der Waals surface area contributed by atoms with Crippen molar-refractivity contribution in [3.05, 3.63) is 60.3 Å². The lowest BCUT2D eigenvalue weighted by Gasteiger charge is -2.14. The van der Waals surface area contributed by atoms with Gasteiger partial charge in [-0.3, -0.25) is 4.79 Å².